The highest BCUT2D eigenvalue weighted by Crippen LogP contribution is 2.31. The number of anilines is 1. The van der Waals surface area contributed by atoms with Gasteiger partial charge in [-0.05, 0) is 36.6 Å². The zero-order chi connectivity index (χ0) is 22.3. The third-order valence-corrected chi connectivity index (χ3v) is 5.86. The normalized spacial score (nSPS) is 11.0. The molecule has 3 rings (SSSR count). The number of hydrogen-bond acceptors (Lipinski definition) is 5. The van der Waals surface area contributed by atoms with Crippen molar-refractivity contribution < 1.29 is 13.2 Å². The Bertz CT molecular complexity index is 1200. The summed E-state index contributed by atoms with van der Waals surface area (Å²) in [6.45, 7) is 7.87. The number of nitrogens with one attached hydrogen (secondary N) is 1. The number of aromatic nitrogens is 2. The summed E-state index contributed by atoms with van der Waals surface area (Å²) in [5.74, 6) is 0.356. The summed E-state index contributed by atoms with van der Waals surface area (Å²) >= 11 is 6.33. The Hall–Kier alpha value is -3.16. The van der Waals surface area contributed by atoms with Crippen molar-refractivity contribution in [3.8, 4) is 17.1 Å². The van der Waals surface area contributed by atoms with E-state index in [9.17, 15) is 8.42 Å². The number of unbranched alkanes of at least 4 members (excludes halogenated alkanes) is 1. The molecule has 160 valence electrons. The number of allylic oxidation sites excluding steroid dienone is 1. The van der Waals surface area contributed by atoms with Gasteiger partial charge in [-0.1, -0.05) is 60.7 Å². The van der Waals surface area contributed by atoms with Crippen molar-refractivity contribution in [2.45, 2.75) is 17.9 Å². The van der Waals surface area contributed by atoms with Crippen molar-refractivity contribution in [1.29, 1.82) is 0 Å². The van der Waals surface area contributed by atoms with E-state index >= 15 is 0 Å². The maximum absolute atomic E-state index is 12.9. The molecule has 0 bridgehead atoms. The van der Waals surface area contributed by atoms with Gasteiger partial charge in [0.05, 0.1) is 17.3 Å². The van der Waals surface area contributed by atoms with Crippen LogP contribution >= 0.6 is 11.6 Å². The Balaban J connectivity index is 1.85. The van der Waals surface area contributed by atoms with E-state index in [-0.39, 0.29) is 16.7 Å². The van der Waals surface area contributed by atoms with Gasteiger partial charge in [-0.2, -0.15) is 13.4 Å². The molecule has 2 aromatic heterocycles. The summed E-state index contributed by atoms with van der Waals surface area (Å²) in [4.78, 5) is 8.51. The molecule has 2 heterocycles. The van der Waals surface area contributed by atoms with Crippen molar-refractivity contribution in [2.24, 2.45) is 0 Å². The third-order valence-electron chi connectivity index (χ3n) is 4.30. The molecule has 6 nitrogen and oxygen atoms in total. The van der Waals surface area contributed by atoms with E-state index in [2.05, 4.69) is 27.8 Å². The Kier molecular flexibility index (Phi) is 7.44. The maximum atomic E-state index is 12.9. The molecule has 1 N–H and O–H groups in total. The highest BCUT2D eigenvalue weighted by molar-refractivity contribution is 7.92. The van der Waals surface area contributed by atoms with E-state index < -0.39 is 10.0 Å². The molecule has 0 aliphatic heterocycles. The monoisotopic (exact) mass is 455 g/mol. The molecule has 31 heavy (non-hydrogen) atoms. The van der Waals surface area contributed by atoms with Gasteiger partial charge in [-0.25, -0.2) is 4.98 Å². The number of sulfonamides is 1. The van der Waals surface area contributed by atoms with E-state index in [4.69, 9.17) is 16.3 Å². The SMILES string of the molecule is C=CCCCOc1cccc(S(=O)(=O)Nc2ccc(Cl)c(-c3ccccc3C=C)n2)n1. The van der Waals surface area contributed by atoms with Crippen molar-refractivity contribution in [3.05, 3.63) is 84.4 Å². The molecular weight excluding hydrogens is 434 g/mol. The fourth-order valence-electron chi connectivity index (χ4n) is 2.80. The van der Waals surface area contributed by atoms with Crippen LogP contribution in [0, 0.1) is 0 Å². The van der Waals surface area contributed by atoms with Crippen molar-refractivity contribution in [3.63, 3.8) is 0 Å². The van der Waals surface area contributed by atoms with Crippen molar-refractivity contribution in [1.82, 2.24) is 9.97 Å². The zero-order valence-electron chi connectivity index (χ0n) is 16.8. The molecule has 1 aromatic carbocycles. The third kappa shape index (κ3) is 5.71. The first-order chi connectivity index (χ1) is 14.9. The van der Waals surface area contributed by atoms with Gasteiger partial charge >= 0.3 is 0 Å². The van der Waals surface area contributed by atoms with Crippen LogP contribution in [-0.4, -0.2) is 25.0 Å². The van der Waals surface area contributed by atoms with Crippen LogP contribution in [0.3, 0.4) is 0 Å². The van der Waals surface area contributed by atoms with Crippen LogP contribution < -0.4 is 9.46 Å². The van der Waals surface area contributed by atoms with E-state index in [1.807, 2.05) is 24.3 Å². The Morgan fingerprint density at radius 1 is 1.03 bits per heavy atom. The molecule has 0 atom stereocenters. The summed E-state index contributed by atoms with van der Waals surface area (Å²) in [5.41, 5.74) is 2.03. The lowest BCUT2D eigenvalue weighted by molar-refractivity contribution is 0.298. The number of nitrogens with zero attached hydrogens (tertiary/aromatic N) is 2. The Morgan fingerprint density at radius 3 is 2.61 bits per heavy atom. The molecule has 0 aliphatic carbocycles. The Labute approximate surface area is 187 Å². The highest BCUT2D eigenvalue weighted by Gasteiger charge is 2.19. The van der Waals surface area contributed by atoms with Crippen LogP contribution in [0.25, 0.3) is 17.3 Å². The molecule has 0 spiro atoms. The van der Waals surface area contributed by atoms with Gasteiger partial charge in [0.2, 0.25) is 5.88 Å². The molecule has 0 radical (unpaired) electrons. The summed E-state index contributed by atoms with van der Waals surface area (Å²) in [6.07, 6.45) is 5.06. The van der Waals surface area contributed by atoms with Gasteiger partial charge in [-0.15, -0.1) is 6.58 Å². The molecule has 0 fully saturated rings. The molecule has 0 amide bonds. The summed E-state index contributed by atoms with van der Waals surface area (Å²) < 4.78 is 33.7. The van der Waals surface area contributed by atoms with Crippen LogP contribution in [0.15, 0.2) is 78.9 Å². The van der Waals surface area contributed by atoms with Gasteiger partial charge in [0.25, 0.3) is 10.0 Å². The van der Waals surface area contributed by atoms with Gasteiger partial charge in [-0.3, -0.25) is 4.72 Å². The van der Waals surface area contributed by atoms with Crippen LogP contribution in [0.4, 0.5) is 5.82 Å². The molecule has 0 unspecified atom stereocenters. The summed E-state index contributed by atoms with van der Waals surface area (Å²) in [7, 11) is -3.98. The second-order valence-corrected chi connectivity index (χ2v) is 8.55. The number of benzene rings is 1. The van der Waals surface area contributed by atoms with Gasteiger partial charge in [0, 0.05) is 11.6 Å². The smallest absolute Gasteiger partial charge is 0.280 e. The first-order valence-corrected chi connectivity index (χ1v) is 11.4. The second kappa shape index (κ2) is 10.2. The van der Waals surface area contributed by atoms with Gasteiger partial charge in [0.15, 0.2) is 5.03 Å². The average molecular weight is 456 g/mol. The number of ether oxygens (including phenoxy) is 1. The quantitative estimate of drug-likeness (QED) is 0.318. The van der Waals surface area contributed by atoms with E-state index in [1.165, 1.54) is 12.1 Å². The predicted molar refractivity (Wildman–Crippen MR) is 125 cm³/mol. The van der Waals surface area contributed by atoms with Crippen LogP contribution in [0.5, 0.6) is 5.88 Å². The summed E-state index contributed by atoms with van der Waals surface area (Å²) in [6, 6.07) is 15.1. The van der Waals surface area contributed by atoms with Crippen LogP contribution in [0.2, 0.25) is 5.02 Å². The summed E-state index contributed by atoms with van der Waals surface area (Å²) in [5, 5.41) is 0.226. The molecule has 8 heteroatoms. The van der Waals surface area contributed by atoms with Crippen LogP contribution in [0.1, 0.15) is 18.4 Å². The average Bonchev–Trinajstić information content (AvgIpc) is 2.78. The standard InChI is InChI=1S/C23H22ClN3O3S/c1-3-5-8-16-30-21-12-9-13-22(26-21)31(28,29)27-20-15-14-19(24)23(25-20)18-11-7-6-10-17(18)4-2/h3-4,6-7,9-15H,1-2,5,8,16H2,(H,25,27). The van der Waals surface area contributed by atoms with Gasteiger partial charge < -0.3 is 4.74 Å². The number of pyridine rings is 2. The van der Waals surface area contributed by atoms with Crippen LogP contribution in [-0.2, 0) is 10.0 Å². The van der Waals surface area contributed by atoms with E-state index in [0.29, 0.717) is 17.3 Å². The minimum atomic E-state index is -3.98. The van der Waals surface area contributed by atoms with Crippen molar-refractivity contribution in [2.75, 3.05) is 11.3 Å². The first kappa shape index (κ1) is 22.5. The molecule has 0 saturated carbocycles. The zero-order valence-corrected chi connectivity index (χ0v) is 18.4. The lowest BCUT2D eigenvalue weighted by atomic mass is 10.0. The minimum absolute atomic E-state index is 0.123. The number of hydrogen-bond donors (Lipinski definition) is 1. The number of rotatable bonds is 10. The lowest BCUT2D eigenvalue weighted by Gasteiger charge is -2.12. The fraction of sp³-hybridized carbons (Fsp3) is 0.130. The lowest BCUT2D eigenvalue weighted by Crippen LogP contribution is -2.16. The highest BCUT2D eigenvalue weighted by atomic mass is 35.5. The topological polar surface area (TPSA) is 81.2 Å². The molecule has 0 saturated heterocycles. The number of halogens is 1. The molecule has 0 aliphatic rings. The largest absolute Gasteiger partial charge is 0.478 e. The van der Waals surface area contributed by atoms with E-state index in [0.717, 1.165) is 24.0 Å². The van der Waals surface area contributed by atoms with E-state index in [1.54, 1.807) is 30.4 Å². The first-order valence-electron chi connectivity index (χ1n) is 9.56. The fourth-order valence-corrected chi connectivity index (χ4v) is 3.97. The predicted octanol–water partition coefficient (Wildman–Crippen LogP) is 5.59. The maximum Gasteiger partial charge on any atom is 0.280 e. The Morgan fingerprint density at radius 2 is 1.84 bits per heavy atom. The van der Waals surface area contributed by atoms with Crippen molar-refractivity contribution >= 4 is 33.5 Å². The molecular formula is C23H22ClN3O3S. The second-order valence-electron chi connectivity index (χ2n) is 6.52. The molecule has 3 aromatic rings. The van der Waals surface area contributed by atoms with Gasteiger partial charge in [0.1, 0.15) is 5.82 Å². The minimum Gasteiger partial charge on any atom is -0.478 e.